The summed E-state index contributed by atoms with van der Waals surface area (Å²) in [5, 5.41) is 5.08. The van der Waals surface area contributed by atoms with Crippen LogP contribution >= 0.6 is 0 Å². The van der Waals surface area contributed by atoms with Crippen molar-refractivity contribution >= 4 is 26.9 Å². The Morgan fingerprint density at radius 3 is 2.50 bits per heavy atom. The first-order valence-electron chi connectivity index (χ1n) is 6.29. The van der Waals surface area contributed by atoms with Gasteiger partial charge in [-0.05, 0) is 0 Å². The Bertz CT molecular complexity index is 732. The molecular formula is C11H16N6O2S. The fourth-order valence-corrected chi connectivity index (χ4v) is 3.26. The van der Waals surface area contributed by atoms with Gasteiger partial charge in [0.1, 0.15) is 12.1 Å². The number of anilines is 1. The van der Waals surface area contributed by atoms with Crippen molar-refractivity contribution in [3.63, 3.8) is 0 Å². The summed E-state index contributed by atoms with van der Waals surface area (Å²) >= 11 is 0. The maximum atomic E-state index is 11.5. The summed E-state index contributed by atoms with van der Waals surface area (Å²) in [4.78, 5) is 10.6. The largest absolute Gasteiger partial charge is 0.353 e. The number of piperazine rings is 1. The maximum absolute atomic E-state index is 11.5. The quantitative estimate of drug-likeness (QED) is 0.739. The summed E-state index contributed by atoms with van der Waals surface area (Å²) < 4.78 is 26.2. The van der Waals surface area contributed by atoms with Gasteiger partial charge in [-0.15, -0.1) is 0 Å². The van der Waals surface area contributed by atoms with Gasteiger partial charge in [-0.2, -0.15) is 9.40 Å². The van der Waals surface area contributed by atoms with Crippen LogP contribution in [0.15, 0.2) is 12.5 Å². The van der Waals surface area contributed by atoms with E-state index in [1.165, 1.54) is 16.9 Å². The van der Waals surface area contributed by atoms with E-state index >= 15 is 0 Å². The topological polar surface area (TPSA) is 84.2 Å². The van der Waals surface area contributed by atoms with Crippen molar-refractivity contribution in [2.24, 2.45) is 7.05 Å². The molecule has 1 fully saturated rings. The normalized spacial score (nSPS) is 17.8. The van der Waals surface area contributed by atoms with E-state index in [1.807, 2.05) is 7.05 Å². The first-order chi connectivity index (χ1) is 9.47. The van der Waals surface area contributed by atoms with Gasteiger partial charge in [0.2, 0.25) is 10.0 Å². The molecule has 2 aromatic heterocycles. The van der Waals surface area contributed by atoms with Crippen molar-refractivity contribution in [2.75, 3.05) is 37.3 Å². The number of nitrogens with zero attached hydrogens (tertiary/aromatic N) is 6. The number of aryl methyl sites for hydroxylation is 1. The third-order valence-corrected chi connectivity index (χ3v) is 4.82. The molecule has 2 aromatic rings. The van der Waals surface area contributed by atoms with E-state index in [4.69, 9.17) is 0 Å². The molecule has 0 atom stereocenters. The number of hydrogen-bond acceptors (Lipinski definition) is 6. The first kappa shape index (κ1) is 13.3. The molecule has 0 unspecified atom stereocenters. The summed E-state index contributed by atoms with van der Waals surface area (Å²) in [5.74, 6) is 0.816. The molecular weight excluding hydrogens is 280 g/mol. The minimum Gasteiger partial charge on any atom is -0.353 e. The molecule has 0 bridgehead atoms. The lowest BCUT2D eigenvalue weighted by Gasteiger charge is -2.34. The van der Waals surface area contributed by atoms with E-state index in [1.54, 1.807) is 10.9 Å². The van der Waals surface area contributed by atoms with Crippen LogP contribution in [0.2, 0.25) is 0 Å². The van der Waals surface area contributed by atoms with Crippen molar-refractivity contribution in [3.05, 3.63) is 12.5 Å². The van der Waals surface area contributed by atoms with E-state index in [2.05, 4.69) is 20.0 Å². The predicted octanol–water partition coefficient (Wildman–Crippen LogP) is -0.555. The molecule has 0 aromatic carbocycles. The standard InChI is InChI=1S/C11H16N6O2S/c1-15-10-9(7-14-15)11(13-8-12-10)16-3-5-17(6-4-16)20(2,18)19/h7-8H,3-6H2,1-2H3. The van der Waals surface area contributed by atoms with Crippen molar-refractivity contribution in [2.45, 2.75) is 0 Å². The number of aromatic nitrogens is 4. The second-order valence-corrected chi connectivity index (χ2v) is 6.83. The van der Waals surface area contributed by atoms with Crippen LogP contribution in [0.5, 0.6) is 0 Å². The second-order valence-electron chi connectivity index (χ2n) is 4.85. The van der Waals surface area contributed by atoms with Crippen LogP contribution in [0.25, 0.3) is 11.0 Å². The molecule has 0 radical (unpaired) electrons. The molecule has 1 saturated heterocycles. The highest BCUT2D eigenvalue weighted by Crippen LogP contribution is 2.23. The molecule has 0 aliphatic carbocycles. The number of fused-ring (bicyclic) bond motifs is 1. The van der Waals surface area contributed by atoms with Crippen LogP contribution in [0, 0.1) is 0 Å². The van der Waals surface area contributed by atoms with E-state index < -0.39 is 10.0 Å². The summed E-state index contributed by atoms with van der Waals surface area (Å²) in [6, 6.07) is 0. The summed E-state index contributed by atoms with van der Waals surface area (Å²) in [5.41, 5.74) is 0.778. The van der Waals surface area contributed by atoms with Gasteiger partial charge in [0, 0.05) is 33.2 Å². The van der Waals surface area contributed by atoms with Gasteiger partial charge >= 0.3 is 0 Å². The van der Waals surface area contributed by atoms with Crippen LogP contribution in [0.1, 0.15) is 0 Å². The third kappa shape index (κ3) is 2.22. The molecule has 0 amide bonds. The van der Waals surface area contributed by atoms with Gasteiger partial charge in [-0.3, -0.25) is 4.68 Å². The fraction of sp³-hybridized carbons (Fsp3) is 0.545. The lowest BCUT2D eigenvalue weighted by atomic mass is 10.3. The Morgan fingerprint density at radius 2 is 1.85 bits per heavy atom. The van der Waals surface area contributed by atoms with Crippen molar-refractivity contribution in [1.29, 1.82) is 0 Å². The van der Waals surface area contributed by atoms with E-state index in [0.29, 0.717) is 26.2 Å². The lowest BCUT2D eigenvalue weighted by molar-refractivity contribution is 0.387. The van der Waals surface area contributed by atoms with Gasteiger partial charge in [0.05, 0.1) is 17.8 Å². The first-order valence-corrected chi connectivity index (χ1v) is 8.14. The summed E-state index contributed by atoms with van der Waals surface area (Å²) in [6.07, 6.45) is 4.50. The molecule has 1 aliphatic rings. The van der Waals surface area contributed by atoms with Crippen LogP contribution in [-0.2, 0) is 17.1 Å². The smallest absolute Gasteiger partial charge is 0.211 e. The van der Waals surface area contributed by atoms with Crippen LogP contribution in [-0.4, -0.2) is 64.9 Å². The van der Waals surface area contributed by atoms with E-state index in [-0.39, 0.29) is 0 Å². The van der Waals surface area contributed by atoms with Gasteiger partial charge in [-0.1, -0.05) is 0 Å². The number of rotatable bonds is 2. The van der Waals surface area contributed by atoms with Crippen LogP contribution in [0.3, 0.4) is 0 Å². The Hall–Kier alpha value is -1.74. The predicted molar refractivity (Wildman–Crippen MR) is 74.9 cm³/mol. The van der Waals surface area contributed by atoms with Crippen molar-refractivity contribution in [1.82, 2.24) is 24.1 Å². The van der Waals surface area contributed by atoms with Crippen molar-refractivity contribution < 1.29 is 8.42 Å². The molecule has 0 N–H and O–H groups in total. The third-order valence-electron chi connectivity index (χ3n) is 3.52. The average molecular weight is 296 g/mol. The molecule has 3 heterocycles. The average Bonchev–Trinajstić information content (AvgIpc) is 2.80. The van der Waals surface area contributed by atoms with E-state index in [9.17, 15) is 8.42 Å². The van der Waals surface area contributed by atoms with Crippen LogP contribution in [0.4, 0.5) is 5.82 Å². The maximum Gasteiger partial charge on any atom is 0.211 e. The molecule has 108 valence electrons. The lowest BCUT2D eigenvalue weighted by Crippen LogP contribution is -2.48. The zero-order chi connectivity index (χ0) is 14.3. The van der Waals surface area contributed by atoms with Crippen LogP contribution < -0.4 is 4.90 Å². The minimum atomic E-state index is -3.11. The Labute approximate surface area is 117 Å². The number of hydrogen-bond donors (Lipinski definition) is 0. The van der Waals surface area contributed by atoms with Gasteiger partial charge < -0.3 is 4.90 Å². The minimum absolute atomic E-state index is 0.477. The highest BCUT2D eigenvalue weighted by Gasteiger charge is 2.25. The molecule has 9 heteroatoms. The Kier molecular flexibility index (Phi) is 3.09. The van der Waals surface area contributed by atoms with E-state index in [0.717, 1.165) is 16.9 Å². The molecule has 1 aliphatic heterocycles. The van der Waals surface area contributed by atoms with Gasteiger partial charge in [0.15, 0.2) is 5.65 Å². The SMILES string of the molecule is Cn1ncc2c(N3CCN(S(C)(=O)=O)CC3)ncnc21. The molecule has 8 nitrogen and oxygen atoms in total. The van der Waals surface area contributed by atoms with Gasteiger partial charge in [-0.25, -0.2) is 18.4 Å². The molecule has 0 spiro atoms. The monoisotopic (exact) mass is 296 g/mol. The summed E-state index contributed by atoms with van der Waals surface area (Å²) in [6.45, 7) is 2.19. The highest BCUT2D eigenvalue weighted by atomic mass is 32.2. The number of sulfonamides is 1. The zero-order valence-electron chi connectivity index (χ0n) is 11.4. The summed E-state index contributed by atoms with van der Waals surface area (Å²) in [7, 11) is -1.28. The van der Waals surface area contributed by atoms with Gasteiger partial charge in [0.25, 0.3) is 0 Å². The highest BCUT2D eigenvalue weighted by molar-refractivity contribution is 7.88. The molecule has 20 heavy (non-hydrogen) atoms. The second kappa shape index (κ2) is 4.67. The Morgan fingerprint density at radius 1 is 1.15 bits per heavy atom. The molecule has 3 rings (SSSR count). The fourth-order valence-electron chi connectivity index (χ4n) is 2.43. The molecule has 0 saturated carbocycles. The Balaban J connectivity index is 1.87. The zero-order valence-corrected chi connectivity index (χ0v) is 12.2. The van der Waals surface area contributed by atoms with Crippen molar-refractivity contribution in [3.8, 4) is 0 Å².